The molecule has 2 saturated heterocycles. The van der Waals surface area contributed by atoms with Crippen molar-refractivity contribution in [3.63, 3.8) is 0 Å². The Hall–Kier alpha value is -2.85. The lowest BCUT2D eigenvalue weighted by Gasteiger charge is -2.48. The highest BCUT2D eigenvalue weighted by Crippen LogP contribution is 2.46. The van der Waals surface area contributed by atoms with Gasteiger partial charge in [0.1, 0.15) is 30.2 Å². The first-order chi connectivity index (χ1) is 19.3. The number of hydrogen-bond acceptors (Lipinski definition) is 6. The molecule has 0 aliphatic carbocycles. The first-order valence-corrected chi connectivity index (χ1v) is 13.9. The molecule has 9 heteroatoms. The minimum atomic E-state index is -1.42. The zero-order valence-electron chi connectivity index (χ0n) is 21.8. The number of rotatable bonds is 9. The lowest BCUT2D eigenvalue weighted by atomic mass is 9.78. The molecule has 3 aromatic rings. The maximum atomic E-state index is 13.3. The highest BCUT2D eigenvalue weighted by Gasteiger charge is 2.48. The van der Waals surface area contributed by atoms with Gasteiger partial charge >= 0.3 is 0 Å². The highest BCUT2D eigenvalue weighted by atomic mass is 35.5. The van der Waals surface area contributed by atoms with Gasteiger partial charge in [-0.3, -0.25) is 4.79 Å². The van der Waals surface area contributed by atoms with E-state index < -0.39 is 37.1 Å². The van der Waals surface area contributed by atoms with E-state index in [0.717, 1.165) is 35.2 Å². The molecule has 0 saturated carbocycles. The van der Waals surface area contributed by atoms with Crippen LogP contribution in [-0.4, -0.2) is 63.5 Å². The summed E-state index contributed by atoms with van der Waals surface area (Å²) in [4.78, 5) is 15.1. The van der Waals surface area contributed by atoms with Gasteiger partial charge in [-0.25, -0.2) is 4.39 Å². The third-order valence-electron chi connectivity index (χ3n) is 7.96. The number of carbonyl (C=O) groups excluding carboxylic acids is 1. The molecule has 40 heavy (non-hydrogen) atoms. The lowest BCUT2D eigenvalue weighted by Crippen LogP contribution is -2.59. The number of benzene rings is 3. The zero-order valence-corrected chi connectivity index (χ0v) is 22.6. The van der Waals surface area contributed by atoms with Crippen molar-refractivity contribution < 1.29 is 34.3 Å². The van der Waals surface area contributed by atoms with Crippen LogP contribution in [0.3, 0.4) is 0 Å². The average molecular weight is 570 g/mol. The van der Waals surface area contributed by atoms with Crippen LogP contribution in [0.15, 0.2) is 72.8 Å². The largest absolute Gasteiger partial charge is 0.394 e. The third-order valence-corrected chi connectivity index (χ3v) is 8.21. The smallest absolute Gasteiger partial charge is 0.233 e. The van der Waals surface area contributed by atoms with Gasteiger partial charge in [0.05, 0.1) is 24.7 Å². The molecule has 4 N–H and O–H groups in total. The third kappa shape index (κ3) is 5.93. The van der Waals surface area contributed by atoms with Crippen molar-refractivity contribution in [2.24, 2.45) is 5.92 Å². The van der Waals surface area contributed by atoms with Gasteiger partial charge in [0.15, 0.2) is 0 Å². The van der Waals surface area contributed by atoms with E-state index in [9.17, 15) is 29.6 Å². The molecule has 0 aromatic heterocycles. The Labute approximate surface area is 237 Å². The Morgan fingerprint density at radius 3 is 2.10 bits per heavy atom. The minimum Gasteiger partial charge on any atom is -0.394 e. The van der Waals surface area contributed by atoms with E-state index in [1.165, 1.54) is 12.1 Å². The summed E-state index contributed by atoms with van der Waals surface area (Å²) < 4.78 is 18.9. The SMILES string of the molecule is O=C1C(CCCc2ccc(F)cc2)C(c2ccc(C[C@H]3O[C@H](CO)[C@@H](O)[C@H](O)[C@H]3O)cc2)N1c1ccc(Cl)cc1. The molecule has 0 spiro atoms. The van der Waals surface area contributed by atoms with Gasteiger partial charge in [0.25, 0.3) is 0 Å². The van der Waals surface area contributed by atoms with Crippen molar-refractivity contribution in [3.8, 4) is 0 Å². The molecule has 0 bridgehead atoms. The van der Waals surface area contributed by atoms with E-state index >= 15 is 0 Å². The molecule has 212 valence electrons. The Morgan fingerprint density at radius 1 is 0.825 bits per heavy atom. The fourth-order valence-electron chi connectivity index (χ4n) is 5.71. The minimum absolute atomic E-state index is 0.0387. The Kier molecular flexibility index (Phi) is 8.85. The molecule has 2 aliphatic rings. The summed E-state index contributed by atoms with van der Waals surface area (Å²) in [6, 6.07) is 21.1. The second-order valence-corrected chi connectivity index (χ2v) is 11.0. The van der Waals surface area contributed by atoms with E-state index in [-0.39, 0.29) is 30.1 Å². The molecule has 2 fully saturated rings. The fraction of sp³-hybridized carbons (Fsp3) is 0.387. The number of β-lactam (4-membered cyclic amide) rings is 1. The second-order valence-electron chi connectivity index (χ2n) is 10.6. The van der Waals surface area contributed by atoms with Crippen LogP contribution in [0, 0.1) is 11.7 Å². The average Bonchev–Trinajstić information content (AvgIpc) is 2.96. The molecule has 0 radical (unpaired) electrons. The summed E-state index contributed by atoms with van der Waals surface area (Å²) in [5, 5.41) is 40.6. The van der Waals surface area contributed by atoms with Crippen molar-refractivity contribution in [1.82, 2.24) is 0 Å². The first-order valence-electron chi connectivity index (χ1n) is 13.5. The van der Waals surface area contributed by atoms with Crippen LogP contribution in [0.5, 0.6) is 0 Å². The number of hydrogen-bond donors (Lipinski definition) is 4. The van der Waals surface area contributed by atoms with Crippen molar-refractivity contribution >= 4 is 23.2 Å². The van der Waals surface area contributed by atoms with Crippen LogP contribution in [0.4, 0.5) is 10.1 Å². The number of anilines is 1. The summed E-state index contributed by atoms with van der Waals surface area (Å²) in [6.45, 7) is -0.473. The molecule has 2 heterocycles. The predicted octanol–water partition coefficient (Wildman–Crippen LogP) is 3.59. The number of nitrogens with zero attached hydrogens (tertiary/aromatic N) is 1. The summed E-state index contributed by atoms with van der Waals surface area (Å²) in [5.74, 6) is -0.448. The molecule has 7 nitrogen and oxygen atoms in total. The summed E-state index contributed by atoms with van der Waals surface area (Å²) in [6.07, 6.45) is -3.38. The van der Waals surface area contributed by atoms with E-state index in [0.29, 0.717) is 11.4 Å². The van der Waals surface area contributed by atoms with Crippen LogP contribution < -0.4 is 4.90 Å². The summed E-state index contributed by atoms with van der Waals surface area (Å²) in [5.41, 5.74) is 3.58. The first kappa shape index (κ1) is 28.7. The Morgan fingerprint density at radius 2 is 1.45 bits per heavy atom. The van der Waals surface area contributed by atoms with Crippen LogP contribution in [0.1, 0.15) is 35.6 Å². The van der Waals surface area contributed by atoms with Crippen LogP contribution in [0.2, 0.25) is 5.02 Å². The number of aryl methyl sites for hydroxylation is 1. The highest BCUT2D eigenvalue weighted by molar-refractivity contribution is 6.30. The quantitative estimate of drug-likeness (QED) is 0.293. The number of aliphatic hydroxyl groups is 4. The van der Waals surface area contributed by atoms with Gasteiger partial charge < -0.3 is 30.1 Å². The van der Waals surface area contributed by atoms with Crippen LogP contribution in [0.25, 0.3) is 0 Å². The fourth-order valence-corrected chi connectivity index (χ4v) is 5.83. The second kappa shape index (κ2) is 12.3. The van der Waals surface area contributed by atoms with Crippen molar-refractivity contribution in [3.05, 3.63) is 100 Å². The summed E-state index contributed by atoms with van der Waals surface area (Å²) in [7, 11) is 0. The van der Waals surface area contributed by atoms with Gasteiger partial charge in [-0.1, -0.05) is 48.0 Å². The maximum Gasteiger partial charge on any atom is 0.233 e. The Bertz CT molecular complexity index is 1290. The molecular formula is C31H33ClFNO6. The number of amides is 1. The molecule has 3 aromatic carbocycles. The number of aliphatic hydroxyl groups excluding tert-OH is 4. The molecule has 1 amide bonds. The molecule has 7 atom stereocenters. The topological polar surface area (TPSA) is 110 Å². The van der Waals surface area contributed by atoms with Crippen LogP contribution in [-0.2, 0) is 22.4 Å². The van der Waals surface area contributed by atoms with Gasteiger partial charge in [-0.2, -0.15) is 0 Å². The molecular weight excluding hydrogens is 537 g/mol. The predicted molar refractivity (Wildman–Crippen MR) is 148 cm³/mol. The van der Waals surface area contributed by atoms with Gasteiger partial charge in [0.2, 0.25) is 5.91 Å². The number of ether oxygens (including phenoxy) is 1. The van der Waals surface area contributed by atoms with Crippen molar-refractivity contribution in [2.75, 3.05) is 11.5 Å². The van der Waals surface area contributed by atoms with Gasteiger partial charge in [-0.15, -0.1) is 0 Å². The maximum absolute atomic E-state index is 13.3. The number of carbonyl (C=O) groups is 1. The van der Waals surface area contributed by atoms with E-state index in [4.69, 9.17) is 16.3 Å². The van der Waals surface area contributed by atoms with Crippen molar-refractivity contribution in [1.29, 1.82) is 0 Å². The Balaban J connectivity index is 1.31. The summed E-state index contributed by atoms with van der Waals surface area (Å²) >= 11 is 6.08. The number of halogens is 2. The van der Waals surface area contributed by atoms with Gasteiger partial charge in [0, 0.05) is 17.1 Å². The monoisotopic (exact) mass is 569 g/mol. The van der Waals surface area contributed by atoms with Crippen molar-refractivity contribution in [2.45, 2.75) is 62.2 Å². The zero-order chi connectivity index (χ0) is 28.4. The lowest BCUT2D eigenvalue weighted by molar-refractivity contribution is -0.228. The molecule has 2 unspecified atom stereocenters. The van der Waals surface area contributed by atoms with E-state index in [1.54, 1.807) is 29.2 Å². The standard InChI is InChI=1S/C31H33ClFNO6/c32-21-10-14-23(15-11-21)34-27(24(31(34)39)3-1-2-18-6-12-22(33)13-7-18)20-8-4-19(5-9-20)16-25-28(36)30(38)29(37)26(17-35)40-25/h4-15,24-30,35-38H,1-3,16-17H2/t24?,25-,26-,27?,28+,29-,30-/m1/s1. The normalized spacial score (nSPS) is 28.4. The van der Waals surface area contributed by atoms with Crippen LogP contribution >= 0.6 is 11.6 Å². The van der Waals surface area contributed by atoms with E-state index in [1.807, 2.05) is 36.4 Å². The molecule has 5 rings (SSSR count). The molecule has 2 aliphatic heterocycles. The van der Waals surface area contributed by atoms with E-state index in [2.05, 4.69) is 0 Å². The van der Waals surface area contributed by atoms with Gasteiger partial charge in [-0.05, 0) is 72.4 Å².